The molecule has 0 radical (unpaired) electrons. The molecular weight excluding hydrogens is 270 g/mol. The van der Waals surface area contributed by atoms with E-state index in [9.17, 15) is 18.3 Å². The van der Waals surface area contributed by atoms with Gasteiger partial charge in [0, 0.05) is 13.1 Å². The van der Waals surface area contributed by atoms with Crippen molar-refractivity contribution in [3.63, 3.8) is 0 Å². The Hall–Kier alpha value is -0.660. The fourth-order valence-corrected chi connectivity index (χ4v) is 4.94. The van der Waals surface area contributed by atoms with Gasteiger partial charge >= 0.3 is 5.97 Å². The third-order valence-electron chi connectivity index (χ3n) is 3.43. The summed E-state index contributed by atoms with van der Waals surface area (Å²) in [5.74, 6) is -1.88. The maximum absolute atomic E-state index is 12.5. The van der Waals surface area contributed by atoms with Crippen molar-refractivity contribution in [1.29, 1.82) is 0 Å². The second kappa shape index (κ2) is 5.76. The maximum atomic E-state index is 12.5. The molecule has 1 aliphatic carbocycles. The number of hydrogen-bond acceptors (Lipinski definition) is 4. The van der Waals surface area contributed by atoms with E-state index in [0.717, 1.165) is 0 Å². The molecule has 2 N–H and O–H groups in total. The van der Waals surface area contributed by atoms with Gasteiger partial charge in [0.05, 0.1) is 16.8 Å². The van der Waals surface area contributed by atoms with Gasteiger partial charge in [0.2, 0.25) is 10.0 Å². The minimum absolute atomic E-state index is 0.0192. The summed E-state index contributed by atoms with van der Waals surface area (Å²) in [5.41, 5.74) is -1.14. The number of aliphatic carboxylic acids is 1. The van der Waals surface area contributed by atoms with Gasteiger partial charge in [-0.25, -0.2) is 8.42 Å². The van der Waals surface area contributed by atoms with Crippen LogP contribution in [0.15, 0.2) is 0 Å². The average Bonchev–Trinajstić information content (AvgIpc) is 2.73. The first-order valence-electron chi connectivity index (χ1n) is 6.53. The first-order chi connectivity index (χ1) is 8.59. The smallest absolute Gasteiger partial charge is 0.307 e. The Kier molecular flexibility index (Phi) is 4.97. The average molecular weight is 293 g/mol. The fourth-order valence-electron chi connectivity index (χ4n) is 2.57. The standard InChI is InChI=1S/C12H23NO5S/c1-4-13(8-12(2,3)16)19(17,18)10-7-5-6-9(10)11(14)15/h9-10,16H,4-8H2,1-3H3,(H,14,15). The summed E-state index contributed by atoms with van der Waals surface area (Å²) in [6, 6.07) is 0. The minimum Gasteiger partial charge on any atom is -0.481 e. The summed E-state index contributed by atoms with van der Waals surface area (Å²) in [5, 5.41) is 18.0. The van der Waals surface area contributed by atoms with E-state index in [4.69, 9.17) is 5.11 Å². The molecule has 0 spiro atoms. The molecule has 0 aromatic rings. The number of aliphatic hydroxyl groups is 1. The molecule has 7 heteroatoms. The molecule has 0 aliphatic heterocycles. The molecule has 0 aromatic carbocycles. The van der Waals surface area contributed by atoms with E-state index in [0.29, 0.717) is 19.3 Å². The summed E-state index contributed by atoms with van der Waals surface area (Å²) in [6.45, 7) is 4.97. The van der Waals surface area contributed by atoms with E-state index in [1.807, 2.05) is 0 Å². The normalized spacial score (nSPS) is 24.9. The van der Waals surface area contributed by atoms with Gasteiger partial charge in [-0.15, -0.1) is 0 Å². The first kappa shape index (κ1) is 16.4. The molecule has 2 unspecified atom stereocenters. The Labute approximate surface area is 114 Å². The predicted octanol–water partition coefficient (Wildman–Crippen LogP) is 0.662. The van der Waals surface area contributed by atoms with Crippen LogP contribution in [0.25, 0.3) is 0 Å². The molecule has 0 saturated heterocycles. The molecule has 2 atom stereocenters. The Bertz CT molecular complexity index is 426. The summed E-state index contributed by atoms with van der Waals surface area (Å²) >= 11 is 0. The number of carboxylic acid groups (broad SMARTS) is 1. The van der Waals surface area contributed by atoms with Gasteiger partial charge in [0.25, 0.3) is 0 Å². The number of sulfonamides is 1. The van der Waals surface area contributed by atoms with Crippen LogP contribution in [0.3, 0.4) is 0 Å². The zero-order chi connectivity index (χ0) is 14.8. The molecule has 1 fully saturated rings. The van der Waals surface area contributed by atoms with Crippen LogP contribution in [-0.4, -0.2) is 52.8 Å². The zero-order valence-corrected chi connectivity index (χ0v) is 12.5. The SMILES string of the molecule is CCN(CC(C)(C)O)S(=O)(=O)C1CCCC1C(=O)O. The molecule has 0 aromatic heterocycles. The quantitative estimate of drug-likeness (QED) is 0.750. The summed E-state index contributed by atoms with van der Waals surface area (Å²) in [4.78, 5) is 11.1. The van der Waals surface area contributed by atoms with E-state index in [1.54, 1.807) is 6.92 Å². The number of hydrogen-bond donors (Lipinski definition) is 2. The zero-order valence-electron chi connectivity index (χ0n) is 11.7. The van der Waals surface area contributed by atoms with Crippen LogP contribution in [0.1, 0.15) is 40.0 Å². The van der Waals surface area contributed by atoms with Crippen LogP contribution in [0.5, 0.6) is 0 Å². The highest BCUT2D eigenvalue weighted by Gasteiger charge is 2.44. The molecule has 1 saturated carbocycles. The van der Waals surface area contributed by atoms with E-state index in [2.05, 4.69) is 0 Å². The van der Waals surface area contributed by atoms with Crippen molar-refractivity contribution in [2.45, 2.75) is 50.9 Å². The van der Waals surface area contributed by atoms with E-state index < -0.39 is 32.8 Å². The van der Waals surface area contributed by atoms with Crippen LogP contribution < -0.4 is 0 Å². The third-order valence-corrected chi connectivity index (χ3v) is 5.86. The van der Waals surface area contributed by atoms with Crippen LogP contribution in [0.4, 0.5) is 0 Å². The van der Waals surface area contributed by atoms with Crippen molar-refractivity contribution in [2.24, 2.45) is 5.92 Å². The molecule has 19 heavy (non-hydrogen) atoms. The molecule has 1 rings (SSSR count). The van der Waals surface area contributed by atoms with Crippen molar-refractivity contribution in [3.8, 4) is 0 Å². The number of likely N-dealkylation sites (N-methyl/N-ethyl adjacent to an activating group) is 1. The lowest BCUT2D eigenvalue weighted by molar-refractivity contribution is -0.141. The lowest BCUT2D eigenvalue weighted by Gasteiger charge is -2.30. The summed E-state index contributed by atoms with van der Waals surface area (Å²) in [6.07, 6.45) is 1.39. The summed E-state index contributed by atoms with van der Waals surface area (Å²) in [7, 11) is -3.69. The van der Waals surface area contributed by atoms with Gasteiger partial charge in [0.1, 0.15) is 0 Å². The number of nitrogens with zero attached hydrogens (tertiary/aromatic N) is 1. The van der Waals surface area contributed by atoms with Gasteiger partial charge in [-0.3, -0.25) is 4.79 Å². The second-order valence-corrected chi connectivity index (χ2v) is 7.85. The highest BCUT2D eigenvalue weighted by Crippen LogP contribution is 2.33. The Morgan fingerprint density at radius 1 is 1.37 bits per heavy atom. The number of carbonyl (C=O) groups is 1. The van der Waals surface area contributed by atoms with Crippen molar-refractivity contribution >= 4 is 16.0 Å². The second-order valence-electron chi connectivity index (χ2n) is 5.70. The van der Waals surface area contributed by atoms with Gasteiger partial charge in [-0.2, -0.15) is 4.31 Å². The molecule has 6 nitrogen and oxygen atoms in total. The largest absolute Gasteiger partial charge is 0.481 e. The Balaban J connectivity index is 2.98. The lowest BCUT2D eigenvalue weighted by Crippen LogP contribution is -2.47. The molecule has 112 valence electrons. The van der Waals surface area contributed by atoms with Crippen molar-refractivity contribution < 1.29 is 23.4 Å². The van der Waals surface area contributed by atoms with Crippen LogP contribution in [0.2, 0.25) is 0 Å². The van der Waals surface area contributed by atoms with Crippen LogP contribution in [0, 0.1) is 5.92 Å². The van der Waals surface area contributed by atoms with Gasteiger partial charge < -0.3 is 10.2 Å². The van der Waals surface area contributed by atoms with Gasteiger partial charge in [-0.05, 0) is 26.7 Å². The highest BCUT2D eigenvalue weighted by atomic mass is 32.2. The van der Waals surface area contributed by atoms with E-state index >= 15 is 0 Å². The number of carboxylic acids is 1. The Morgan fingerprint density at radius 3 is 2.37 bits per heavy atom. The van der Waals surface area contributed by atoms with Gasteiger partial charge in [-0.1, -0.05) is 13.3 Å². The third kappa shape index (κ3) is 3.90. The first-order valence-corrected chi connectivity index (χ1v) is 8.04. The highest BCUT2D eigenvalue weighted by molar-refractivity contribution is 7.89. The van der Waals surface area contributed by atoms with Crippen molar-refractivity contribution in [3.05, 3.63) is 0 Å². The van der Waals surface area contributed by atoms with Crippen molar-refractivity contribution in [2.75, 3.05) is 13.1 Å². The molecule has 0 amide bonds. The predicted molar refractivity (Wildman–Crippen MR) is 71.2 cm³/mol. The number of rotatable bonds is 6. The molecule has 0 heterocycles. The summed E-state index contributed by atoms with van der Waals surface area (Å²) < 4.78 is 26.2. The monoisotopic (exact) mass is 293 g/mol. The molecule has 1 aliphatic rings. The lowest BCUT2D eigenvalue weighted by atomic mass is 10.1. The maximum Gasteiger partial charge on any atom is 0.307 e. The van der Waals surface area contributed by atoms with E-state index in [1.165, 1.54) is 18.2 Å². The Morgan fingerprint density at radius 2 is 1.95 bits per heavy atom. The topological polar surface area (TPSA) is 94.9 Å². The molecule has 0 bridgehead atoms. The van der Waals surface area contributed by atoms with Crippen molar-refractivity contribution in [1.82, 2.24) is 4.31 Å². The van der Waals surface area contributed by atoms with Crippen LogP contribution in [-0.2, 0) is 14.8 Å². The fraction of sp³-hybridized carbons (Fsp3) is 0.917. The van der Waals surface area contributed by atoms with E-state index in [-0.39, 0.29) is 13.1 Å². The molecular formula is C12H23NO5S. The van der Waals surface area contributed by atoms with Gasteiger partial charge in [0.15, 0.2) is 0 Å². The minimum atomic E-state index is -3.69. The van der Waals surface area contributed by atoms with Crippen LogP contribution >= 0.6 is 0 Å².